The standard InChI is InChI=1S/C19H20BrN5/c1-24(18-4-6-22-19(23-18)14-2-3-14)16-5-7-25(12-16)17-9-13(11-21)8-15(20)10-17/h4,6,8-10,14,16H,2-3,5,7,12H2,1H3. The van der Waals surface area contributed by atoms with Crippen molar-refractivity contribution in [3.8, 4) is 6.07 Å². The van der Waals surface area contributed by atoms with Crippen LogP contribution in [0.3, 0.4) is 0 Å². The van der Waals surface area contributed by atoms with Gasteiger partial charge in [-0.1, -0.05) is 15.9 Å². The number of rotatable bonds is 4. The number of anilines is 2. The van der Waals surface area contributed by atoms with Crippen molar-refractivity contribution in [1.29, 1.82) is 5.26 Å². The average molecular weight is 398 g/mol. The average Bonchev–Trinajstić information content (AvgIpc) is 3.37. The van der Waals surface area contributed by atoms with E-state index >= 15 is 0 Å². The van der Waals surface area contributed by atoms with E-state index in [2.05, 4.69) is 49.9 Å². The molecule has 25 heavy (non-hydrogen) atoms. The summed E-state index contributed by atoms with van der Waals surface area (Å²) in [5, 5.41) is 9.18. The zero-order valence-electron chi connectivity index (χ0n) is 14.2. The highest BCUT2D eigenvalue weighted by Crippen LogP contribution is 2.38. The van der Waals surface area contributed by atoms with Crippen molar-refractivity contribution >= 4 is 27.4 Å². The number of hydrogen-bond donors (Lipinski definition) is 0. The van der Waals surface area contributed by atoms with Crippen LogP contribution in [0.5, 0.6) is 0 Å². The van der Waals surface area contributed by atoms with Gasteiger partial charge in [0.1, 0.15) is 11.6 Å². The molecule has 2 heterocycles. The number of aromatic nitrogens is 2. The summed E-state index contributed by atoms with van der Waals surface area (Å²) >= 11 is 3.50. The Bertz CT molecular complexity index is 827. The second-order valence-electron chi connectivity index (χ2n) is 6.86. The second-order valence-corrected chi connectivity index (χ2v) is 7.77. The topological polar surface area (TPSA) is 56.1 Å². The predicted octanol–water partition coefficient (Wildman–Crippen LogP) is 3.70. The van der Waals surface area contributed by atoms with E-state index in [1.165, 1.54) is 12.8 Å². The van der Waals surface area contributed by atoms with Crippen molar-refractivity contribution < 1.29 is 0 Å². The Morgan fingerprint density at radius 1 is 1.28 bits per heavy atom. The van der Waals surface area contributed by atoms with Gasteiger partial charge in [0.2, 0.25) is 0 Å². The molecule has 2 aromatic rings. The smallest absolute Gasteiger partial charge is 0.133 e. The van der Waals surface area contributed by atoms with Crippen LogP contribution >= 0.6 is 15.9 Å². The normalized spacial score (nSPS) is 19.7. The maximum absolute atomic E-state index is 9.18. The molecule has 6 heteroatoms. The number of nitrogens with zero attached hydrogens (tertiary/aromatic N) is 5. The lowest BCUT2D eigenvalue weighted by Gasteiger charge is -2.26. The Balaban J connectivity index is 1.49. The van der Waals surface area contributed by atoms with E-state index in [1.54, 1.807) is 0 Å². The fourth-order valence-corrected chi connectivity index (χ4v) is 3.88. The summed E-state index contributed by atoms with van der Waals surface area (Å²) in [6, 6.07) is 10.5. The molecule has 1 aliphatic heterocycles. The fourth-order valence-electron chi connectivity index (χ4n) is 3.40. The van der Waals surface area contributed by atoms with Crippen LogP contribution in [-0.2, 0) is 0 Å². The third-order valence-electron chi connectivity index (χ3n) is 5.05. The summed E-state index contributed by atoms with van der Waals surface area (Å²) in [5.41, 5.74) is 1.79. The SMILES string of the molecule is CN(c1ccnc(C2CC2)n1)C1CCN(c2cc(Br)cc(C#N)c2)C1. The first-order valence-corrected chi connectivity index (χ1v) is 9.45. The Kier molecular flexibility index (Phi) is 4.34. The lowest BCUT2D eigenvalue weighted by molar-refractivity contribution is 0.680. The van der Waals surface area contributed by atoms with Crippen molar-refractivity contribution in [2.75, 3.05) is 29.9 Å². The van der Waals surface area contributed by atoms with Gasteiger partial charge < -0.3 is 9.80 Å². The zero-order chi connectivity index (χ0) is 17.4. The number of likely N-dealkylation sites (N-methyl/N-ethyl adjacent to an activating group) is 1. The number of halogens is 1. The highest BCUT2D eigenvalue weighted by atomic mass is 79.9. The molecule has 1 unspecified atom stereocenters. The van der Waals surface area contributed by atoms with E-state index in [4.69, 9.17) is 4.98 Å². The molecule has 1 aliphatic carbocycles. The second kappa shape index (κ2) is 6.64. The van der Waals surface area contributed by atoms with Gasteiger partial charge in [-0.3, -0.25) is 0 Å². The van der Waals surface area contributed by atoms with Gasteiger partial charge >= 0.3 is 0 Å². The molecule has 1 aromatic heterocycles. The molecule has 4 rings (SSSR count). The molecular formula is C19H20BrN5. The molecule has 1 saturated carbocycles. The van der Waals surface area contributed by atoms with E-state index in [9.17, 15) is 5.26 Å². The summed E-state index contributed by atoms with van der Waals surface area (Å²) in [4.78, 5) is 13.8. The minimum atomic E-state index is 0.409. The van der Waals surface area contributed by atoms with E-state index in [0.29, 0.717) is 17.5 Å². The minimum Gasteiger partial charge on any atom is -0.369 e. The molecule has 1 saturated heterocycles. The van der Waals surface area contributed by atoms with Crippen molar-refractivity contribution in [2.24, 2.45) is 0 Å². The Labute approximate surface area is 156 Å². The molecular weight excluding hydrogens is 378 g/mol. The van der Waals surface area contributed by atoms with Crippen LogP contribution in [-0.4, -0.2) is 36.1 Å². The van der Waals surface area contributed by atoms with Gasteiger partial charge in [-0.15, -0.1) is 0 Å². The van der Waals surface area contributed by atoms with Crippen molar-refractivity contribution in [2.45, 2.75) is 31.2 Å². The quantitative estimate of drug-likeness (QED) is 0.786. The Morgan fingerprint density at radius 2 is 2.12 bits per heavy atom. The molecule has 0 spiro atoms. The van der Waals surface area contributed by atoms with Crippen LogP contribution in [0.1, 0.15) is 36.6 Å². The van der Waals surface area contributed by atoms with Gasteiger partial charge in [-0.05, 0) is 43.5 Å². The highest BCUT2D eigenvalue weighted by Gasteiger charge is 2.29. The summed E-state index contributed by atoms with van der Waals surface area (Å²) < 4.78 is 0.947. The van der Waals surface area contributed by atoms with Crippen LogP contribution in [0.15, 0.2) is 34.9 Å². The summed E-state index contributed by atoms with van der Waals surface area (Å²) in [5.74, 6) is 2.57. The predicted molar refractivity (Wildman–Crippen MR) is 102 cm³/mol. The summed E-state index contributed by atoms with van der Waals surface area (Å²) in [7, 11) is 2.12. The maximum Gasteiger partial charge on any atom is 0.133 e. The van der Waals surface area contributed by atoms with Crippen molar-refractivity contribution in [1.82, 2.24) is 9.97 Å². The van der Waals surface area contributed by atoms with E-state index in [-0.39, 0.29) is 0 Å². The molecule has 0 bridgehead atoms. The molecule has 2 fully saturated rings. The van der Waals surface area contributed by atoms with Crippen LogP contribution in [0.25, 0.3) is 0 Å². The zero-order valence-corrected chi connectivity index (χ0v) is 15.8. The van der Waals surface area contributed by atoms with E-state index in [0.717, 1.165) is 41.3 Å². The van der Waals surface area contributed by atoms with Gasteiger partial charge in [-0.25, -0.2) is 9.97 Å². The number of nitriles is 1. The van der Waals surface area contributed by atoms with Crippen LogP contribution in [0.4, 0.5) is 11.5 Å². The molecule has 1 aromatic carbocycles. The molecule has 128 valence electrons. The third kappa shape index (κ3) is 3.47. The highest BCUT2D eigenvalue weighted by molar-refractivity contribution is 9.10. The fraction of sp³-hybridized carbons (Fsp3) is 0.421. The first-order valence-electron chi connectivity index (χ1n) is 8.65. The first kappa shape index (κ1) is 16.3. The minimum absolute atomic E-state index is 0.409. The first-order chi connectivity index (χ1) is 12.1. The van der Waals surface area contributed by atoms with Crippen molar-refractivity contribution in [3.05, 3.63) is 46.3 Å². The van der Waals surface area contributed by atoms with Gasteiger partial charge in [-0.2, -0.15) is 5.26 Å². The van der Waals surface area contributed by atoms with Crippen LogP contribution in [0.2, 0.25) is 0 Å². The van der Waals surface area contributed by atoms with Gasteiger partial charge in [0.05, 0.1) is 11.6 Å². The molecule has 2 aliphatic rings. The summed E-state index contributed by atoms with van der Waals surface area (Å²) in [6.07, 6.45) is 5.39. The lowest BCUT2D eigenvalue weighted by atomic mass is 10.2. The molecule has 5 nitrogen and oxygen atoms in total. The molecule has 0 N–H and O–H groups in total. The maximum atomic E-state index is 9.18. The third-order valence-corrected chi connectivity index (χ3v) is 5.51. The monoisotopic (exact) mass is 397 g/mol. The van der Waals surface area contributed by atoms with Crippen molar-refractivity contribution in [3.63, 3.8) is 0 Å². The largest absolute Gasteiger partial charge is 0.369 e. The summed E-state index contributed by atoms with van der Waals surface area (Å²) in [6.45, 7) is 1.91. The van der Waals surface area contributed by atoms with Gasteiger partial charge in [0.25, 0.3) is 0 Å². The van der Waals surface area contributed by atoms with E-state index in [1.807, 2.05) is 24.4 Å². The van der Waals surface area contributed by atoms with E-state index < -0.39 is 0 Å². The van der Waals surface area contributed by atoms with Crippen LogP contribution < -0.4 is 9.80 Å². The molecule has 0 radical (unpaired) electrons. The van der Waals surface area contributed by atoms with Crippen LogP contribution in [0, 0.1) is 11.3 Å². The molecule has 0 amide bonds. The molecule has 1 atom stereocenters. The lowest BCUT2D eigenvalue weighted by Crippen LogP contribution is -2.35. The number of benzene rings is 1. The Hall–Kier alpha value is -2.13. The number of hydrogen-bond acceptors (Lipinski definition) is 5. The van der Waals surface area contributed by atoms with Gasteiger partial charge in [0.15, 0.2) is 0 Å². The van der Waals surface area contributed by atoms with Gasteiger partial charge in [0, 0.05) is 48.5 Å². The Morgan fingerprint density at radius 3 is 2.88 bits per heavy atom.